The van der Waals surface area contributed by atoms with Crippen molar-refractivity contribution in [2.75, 3.05) is 37.6 Å². The lowest BCUT2D eigenvalue weighted by Crippen LogP contribution is -2.47. The number of hydrogen-bond acceptors (Lipinski definition) is 5. The minimum Gasteiger partial charge on any atom is -0.472 e. The minimum atomic E-state index is -0.788. The number of carbonyl (C=O) groups is 2. The fourth-order valence-electron chi connectivity index (χ4n) is 4.80. The van der Waals surface area contributed by atoms with Gasteiger partial charge in [-0.2, -0.15) is 0 Å². The van der Waals surface area contributed by atoms with Crippen molar-refractivity contribution < 1.29 is 14.3 Å². The van der Waals surface area contributed by atoms with Crippen molar-refractivity contribution in [2.45, 2.75) is 32.8 Å². The Labute approximate surface area is 189 Å². The Kier molecular flexibility index (Phi) is 7.05. The molecule has 1 aromatic carbocycles. The van der Waals surface area contributed by atoms with Crippen molar-refractivity contribution in [3.05, 3.63) is 54.2 Å². The quantitative estimate of drug-likeness (QED) is 0.676. The lowest BCUT2D eigenvalue weighted by atomic mass is 9.92. The number of likely N-dealkylation sites (tertiary alicyclic amines) is 1. The van der Waals surface area contributed by atoms with E-state index in [2.05, 4.69) is 29.0 Å². The molecule has 7 nitrogen and oxygen atoms in total. The standard InChI is InChI=1S/C25H32N4O3/c1-18-14-19(2)16-28(15-18)13-7-12-26-22(30)17-29-24-21(10-6-11-27-24)32-23(25(29)31)20-8-4-3-5-9-20/h3-6,8-11,18-19,23H,7,12-17H2,1-2H3,(H,26,30)/t18-,19+,23-/m1/s1. The largest absolute Gasteiger partial charge is 0.472 e. The van der Waals surface area contributed by atoms with Crippen LogP contribution < -0.4 is 15.0 Å². The first kappa shape index (κ1) is 22.3. The smallest absolute Gasteiger partial charge is 0.274 e. The predicted molar refractivity (Wildman–Crippen MR) is 123 cm³/mol. The molecule has 3 atom stereocenters. The van der Waals surface area contributed by atoms with Gasteiger partial charge in [-0.3, -0.25) is 14.5 Å². The SMILES string of the molecule is C[C@@H]1C[C@H](C)CN(CCCNC(=O)CN2C(=O)[C@@H](c3ccccc3)Oc3cccnc32)C1. The van der Waals surface area contributed by atoms with E-state index in [1.54, 1.807) is 18.3 Å². The molecular formula is C25H32N4O3. The van der Waals surface area contributed by atoms with E-state index in [0.29, 0.717) is 18.1 Å². The van der Waals surface area contributed by atoms with Crippen LogP contribution in [0.25, 0.3) is 0 Å². The Morgan fingerprint density at radius 2 is 1.88 bits per heavy atom. The summed E-state index contributed by atoms with van der Waals surface area (Å²) >= 11 is 0. The van der Waals surface area contributed by atoms with E-state index in [0.717, 1.165) is 43.5 Å². The summed E-state index contributed by atoms with van der Waals surface area (Å²) in [7, 11) is 0. The van der Waals surface area contributed by atoms with Gasteiger partial charge in [-0.05, 0) is 43.4 Å². The maximum absolute atomic E-state index is 13.2. The highest BCUT2D eigenvalue weighted by molar-refractivity contribution is 6.03. The van der Waals surface area contributed by atoms with Gasteiger partial charge < -0.3 is 15.0 Å². The second kappa shape index (κ2) is 10.1. The van der Waals surface area contributed by atoms with Crippen molar-refractivity contribution in [3.63, 3.8) is 0 Å². The Balaban J connectivity index is 1.34. The van der Waals surface area contributed by atoms with Crippen LogP contribution in [0.4, 0.5) is 5.82 Å². The van der Waals surface area contributed by atoms with Crippen molar-refractivity contribution in [1.29, 1.82) is 0 Å². The summed E-state index contributed by atoms with van der Waals surface area (Å²) in [5.41, 5.74) is 0.752. The summed E-state index contributed by atoms with van der Waals surface area (Å²) in [4.78, 5) is 34.1. The molecule has 0 spiro atoms. The highest BCUT2D eigenvalue weighted by Crippen LogP contribution is 2.36. The van der Waals surface area contributed by atoms with E-state index in [-0.39, 0.29) is 18.4 Å². The molecule has 1 N–H and O–H groups in total. The summed E-state index contributed by atoms with van der Waals surface area (Å²) in [6.07, 6.45) is 3.00. The van der Waals surface area contributed by atoms with Gasteiger partial charge in [0.1, 0.15) is 6.54 Å². The van der Waals surface area contributed by atoms with Gasteiger partial charge in [0.15, 0.2) is 11.6 Å². The zero-order chi connectivity index (χ0) is 22.5. The number of rotatable bonds is 7. The first-order valence-electron chi connectivity index (χ1n) is 11.5. The van der Waals surface area contributed by atoms with Crippen LogP contribution in [0.15, 0.2) is 48.7 Å². The zero-order valence-electron chi connectivity index (χ0n) is 18.9. The van der Waals surface area contributed by atoms with E-state index in [1.807, 2.05) is 30.3 Å². The van der Waals surface area contributed by atoms with Crippen LogP contribution in [-0.2, 0) is 9.59 Å². The monoisotopic (exact) mass is 436 g/mol. The number of anilines is 1. The van der Waals surface area contributed by atoms with Crippen LogP contribution in [0, 0.1) is 11.8 Å². The highest BCUT2D eigenvalue weighted by atomic mass is 16.5. The minimum absolute atomic E-state index is 0.0761. The summed E-state index contributed by atoms with van der Waals surface area (Å²) in [6, 6.07) is 12.9. The second-order valence-corrected chi connectivity index (χ2v) is 9.07. The normalized spacial score (nSPS) is 23.4. The molecule has 0 aliphatic carbocycles. The van der Waals surface area contributed by atoms with E-state index in [9.17, 15) is 9.59 Å². The van der Waals surface area contributed by atoms with Gasteiger partial charge in [-0.1, -0.05) is 44.2 Å². The van der Waals surface area contributed by atoms with E-state index >= 15 is 0 Å². The molecule has 3 heterocycles. The molecule has 0 radical (unpaired) electrons. The molecule has 1 saturated heterocycles. The lowest BCUT2D eigenvalue weighted by Gasteiger charge is -2.35. The number of fused-ring (bicyclic) bond motifs is 1. The Morgan fingerprint density at radius 3 is 2.62 bits per heavy atom. The molecule has 7 heteroatoms. The summed E-state index contributed by atoms with van der Waals surface area (Å²) in [6.45, 7) is 8.36. The number of ether oxygens (including phenoxy) is 1. The fourth-order valence-corrected chi connectivity index (χ4v) is 4.80. The molecular weight excluding hydrogens is 404 g/mol. The maximum atomic E-state index is 13.2. The molecule has 0 bridgehead atoms. The highest BCUT2D eigenvalue weighted by Gasteiger charge is 2.37. The molecule has 2 aromatic rings. The Bertz CT molecular complexity index is 926. The third-order valence-corrected chi connectivity index (χ3v) is 6.06. The molecule has 4 rings (SSSR count). The number of benzene rings is 1. The molecule has 2 aliphatic rings. The van der Waals surface area contributed by atoms with Crippen LogP contribution in [0.2, 0.25) is 0 Å². The zero-order valence-corrected chi connectivity index (χ0v) is 18.9. The first-order chi connectivity index (χ1) is 15.5. The predicted octanol–water partition coefficient (Wildman–Crippen LogP) is 3.03. The molecule has 2 amide bonds. The van der Waals surface area contributed by atoms with Gasteiger partial charge in [0.2, 0.25) is 12.0 Å². The lowest BCUT2D eigenvalue weighted by molar-refractivity contribution is -0.129. The molecule has 0 unspecified atom stereocenters. The summed E-state index contributed by atoms with van der Waals surface area (Å²) in [5, 5.41) is 2.97. The number of nitrogens with zero attached hydrogens (tertiary/aromatic N) is 3. The van der Waals surface area contributed by atoms with Crippen molar-refractivity contribution in [2.24, 2.45) is 11.8 Å². The van der Waals surface area contributed by atoms with Crippen LogP contribution >= 0.6 is 0 Å². The maximum Gasteiger partial charge on any atom is 0.274 e. The number of piperidine rings is 1. The van der Waals surface area contributed by atoms with Crippen molar-refractivity contribution in [3.8, 4) is 5.75 Å². The molecule has 32 heavy (non-hydrogen) atoms. The van der Waals surface area contributed by atoms with Gasteiger partial charge in [-0.25, -0.2) is 4.98 Å². The average molecular weight is 437 g/mol. The first-order valence-corrected chi connectivity index (χ1v) is 11.5. The van der Waals surface area contributed by atoms with Crippen LogP contribution in [0.1, 0.15) is 38.4 Å². The topological polar surface area (TPSA) is 74.8 Å². The van der Waals surface area contributed by atoms with Crippen molar-refractivity contribution in [1.82, 2.24) is 15.2 Å². The van der Waals surface area contributed by atoms with Gasteiger partial charge in [0, 0.05) is 31.4 Å². The van der Waals surface area contributed by atoms with E-state index < -0.39 is 6.10 Å². The molecule has 2 aliphatic heterocycles. The van der Waals surface area contributed by atoms with Gasteiger partial charge in [-0.15, -0.1) is 0 Å². The number of carbonyl (C=O) groups excluding carboxylic acids is 2. The summed E-state index contributed by atoms with van der Waals surface area (Å²) < 4.78 is 5.93. The average Bonchev–Trinajstić information content (AvgIpc) is 2.78. The molecule has 1 aromatic heterocycles. The number of nitrogens with one attached hydrogen (secondary N) is 1. The van der Waals surface area contributed by atoms with Crippen LogP contribution in [0.3, 0.4) is 0 Å². The second-order valence-electron chi connectivity index (χ2n) is 9.07. The van der Waals surface area contributed by atoms with Gasteiger partial charge >= 0.3 is 0 Å². The third-order valence-electron chi connectivity index (χ3n) is 6.06. The molecule has 170 valence electrons. The number of amides is 2. The number of aromatic nitrogens is 1. The molecule has 1 fully saturated rings. The van der Waals surface area contributed by atoms with Gasteiger partial charge in [0.05, 0.1) is 0 Å². The molecule has 0 saturated carbocycles. The van der Waals surface area contributed by atoms with E-state index in [4.69, 9.17) is 4.74 Å². The van der Waals surface area contributed by atoms with Crippen molar-refractivity contribution >= 4 is 17.6 Å². The van der Waals surface area contributed by atoms with Crippen LogP contribution in [0.5, 0.6) is 5.75 Å². The Hall–Kier alpha value is -2.93. The third kappa shape index (κ3) is 5.27. The summed E-state index contributed by atoms with van der Waals surface area (Å²) in [5.74, 6) is 1.87. The fraction of sp³-hybridized carbons (Fsp3) is 0.480. The van der Waals surface area contributed by atoms with Crippen LogP contribution in [-0.4, -0.2) is 54.4 Å². The van der Waals surface area contributed by atoms with E-state index in [1.165, 1.54) is 11.3 Å². The number of pyridine rings is 1. The Morgan fingerprint density at radius 1 is 1.12 bits per heavy atom. The van der Waals surface area contributed by atoms with Gasteiger partial charge in [0.25, 0.3) is 5.91 Å². The number of hydrogen-bond donors (Lipinski definition) is 1.